The van der Waals surface area contributed by atoms with Crippen molar-refractivity contribution >= 4 is 22.4 Å². The fourth-order valence-corrected chi connectivity index (χ4v) is 3.77. The number of ether oxygens (including phenoxy) is 1. The van der Waals surface area contributed by atoms with Gasteiger partial charge in [0.15, 0.2) is 11.0 Å². The van der Waals surface area contributed by atoms with Gasteiger partial charge in [-0.3, -0.25) is 10.1 Å². The Morgan fingerprint density at radius 3 is 2.89 bits per heavy atom. The minimum atomic E-state index is -0.652. The molecular weight excluding hydrogens is 371 g/mol. The molecule has 3 aromatic rings. The summed E-state index contributed by atoms with van der Waals surface area (Å²) in [5.74, 6) is -0.326. The summed E-state index contributed by atoms with van der Waals surface area (Å²) < 4.78 is 21.2. The second-order valence-electron chi connectivity index (χ2n) is 6.22. The van der Waals surface area contributed by atoms with Gasteiger partial charge < -0.3 is 4.74 Å². The molecule has 0 radical (unpaired) electrons. The van der Waals surface area contributed by atoms with E-state index in [0.717, 1.165) is 31.7 Å². The van der Waals surface area contributed by atoms with Crippen LogP contribution in [-0.2, 0) is 4.74 Å². The number of carbonyl (C=O) groups is 1. The smallest absolute Gasteiger partial charge is 0.260 e. The molecule has 0 aliphatic carbocycles. The maximum absolute atomic E-state index is 14.4. The van der Waals surface area contributed by atoms with E-state index in [-0.39, 0.29) is 5.56 Å². The number of thiazole rings is 1. The Bertz CT molecular complexity index is 966. The summed E-state index contributed by atoms with van der Waals surface area (Å²) in [6.07, 6.45) is 1.84. The van der Waals surface area contributed by atoms with E-state index in [1.165, 1.54) is 28.2 Å². The topological polar surface area (TPSA) is 94.8 Å². The van der Waals surface area contributed by atoms with Crippen LogP contribution in [0.15, 0.2) is 23.6 Å². The van der Waals surface area contributed by atoms with Crippen LogP contribution in [0.5, 0.6) is 0 Å². The van der Waals surface area contributed by atoms with E-state index in [1.54, 1.807) is 13.0 Å². The molecule has 0 saturated carbocycles. The molecule has 1 aliphatic rings. The monoisotopic (exact) mass is 388 g/mol. The standard InChI is InChI=1S/C17H17FN6O2S/c1-10-21-22-23-24(10)12-2-3-13(14(18)8-12)16(25)20-17-19-15(9-27-17)11-4-6-26-7-5-11/h2-3,8-9,11H,4-7H2,1H3,(H,19,20,25). The first kappa shape index (κ1) is 17.7. The zero-order valence-electron chi connectivity index (χ0n) is 14.6. The highest BCUT2D eigenvalue weighted by atomic mass is 32.1. The van der Waals surface area contributed by atoms with E-state index in [9.17, 15) is 9.18 Å². The summed E-state index contributed by atoms with van der Waals surface area (Å²) in [4.78, 5) is 16.9. The number of halogens is 1. The van der Waals surface area contributed by atoms with Gasteiger partial charge in [0, 0.05) is 30.6 Å². The normalized spacial score (nSPS) is 15.0. The number of benzene rings is 1. The van der Waals surface area contributed by atoms with Crippen molar-refractivity contribution in [3.05, 3.63) is 46.5 Å². The average molecular weight is 388 g/mol. The van der Waals surface area contributed by atoms with E-state index >= 15 is 0 Å². The van der Waals surface area contributed by atoms with Crippen LogP contribution >= 0.6 is 11.3 Å². The van der Waals surface area contributed by atoms with E-state index < -0.39 is 11.7 Å². The first-order valence-corrected chi connectivity index (χ1v) is 9.39. The second kappa shape index (κ2) is 7.49. The summed E-state index contributed by atoms with van der Waals surface area (Å²) >= 11 is 1.34. The molecule has 3 heterocycles. The number of aryl methyl sites for hydroxylation is 1. The molecule has 1 saturated heterocycles. The van der Waals surface area contributed by atoms with Gasteiger partial charge in [0.2, 0.25) is 0 Å². The van der Waals surface area contributed by atoms with Gasteiger partial charge in [-0.15, -0.1) is 16.4 Å². The summed E-state index contributed by atoms with van der Waals surface area (Å²) in [5, 5.41) is 16.1. The summed E-state index contributed by atoms with van der Waals surface area (Å²) in [6, 6.07) is 4.23. The third-order valence-electron chi connectivity index (χ3n) is 4.45. The van der Waals surface area contributed by atoms with Crippen molar-refractivity contribution < 1.29 is 13.9 Å². The van der Waals surface area contributed by atoms with Crippen molar-refractivity contribution in [2.45, 2.75) is 25.7 Å². The Balaban J connectivity index is 1.48. The largest absolute Gasteiger partial charge is 0.381 e. The van der Waals surface area contributed by atoms with Gasteiger partial charge in [0.1, 0.15) is 5.82 Å². The third kappa shape index (κ3) is 3.71. The fourth-order valence-electron chi connectivity index (χ4n) is 2.98. The van der Waals surface area contributed by atoms with Gasteiger partial charge in [0.25, 0.3) is 5.91 Å². The molecule has 10 heteroatoms. The summed E-state index contributed by atoms with van der Waals surface area (Å²) in [6.45, 7) is 3.15. The fraction of sp³-hybridized carbons (Fsp3) is 0.353. The number of nitrogens with one attached hydrogen (secondary N) is 1. The Kier molecular flexibility index (Phi) is 4.90. The number of aromatic nitrogens is 5. The second-order valence-corrected chi connectivity index (χ2v) is 7.08. The molecule has 0 unspecified atom stereocenters. The lowest BCUT2D eigenvalue weighted by molar-refractivity contribution is 0.0846. The molecular formula is C17H17FN6O2S. The van der Waals surface area contributed by atoms with Gasteiger partial charge >= 0.3 is 0 Å². The van der Waals surface area contributed by atoms with Crippen LogP contribution < -0.4 is 5.32 Å². The molecule has 1 amide bonds. The van der Waals surface area contributed by atoms with Crippen LogP contribution in [0, 0.1) is 12.7 Å². The third-order valence-corrected chi connectivity index (χ3v) is 5.23. The molecule has 140 valence electrons. The highest BCUT2D eigenvalue weighted by Crippen LogP contribution is 2.29. The van der Waals surface area contributed by atoms with E-state index in [4.69, 9.17) is 4.74 Å². The quantitative estimate of drug-likeness (QED) is 0.738. The molecule has 0 bridgehead atoms. The highest BCUT2D eigenvalue weighted by molar-refractivity contribution is 7.14. The molecule has 1 aromatic carbocycles. The van der Waals surface area contributed by atoms with Gasteiger partial charge in [-0.2, -0.15) is 4.68 Å². The Morgan fingerprint density at radius 2 is 2.19 bits per heavy atom. The van der Waals surface area contributed by atoms with Gasteiger partial charge in [-0.25, -0.2) is 9.37 Å². The molecule has 1 N–H and O–H groups in total. The van der Waals surface area contributed by atoms with Crippen LogP contribution in [0.3, 0.4) is 0 Å². The van der Waals surface area contributed by atoms with Crippen molar-refractivity contribution in [1.82, 2.24) is 25.2 Å². The van der Waals surface area contributed by atoms with E-state index in [2.05, 4.69) is 25.8 Å². The number of anilines is 1. The van der Waals surface area contributed by atoms with Crippen LogP contribution in [-0.4, -0.2) is 44.3 Å². The van der Waals surface area contributed by atoms with Crippen molar-refractivity contribution in [3.63, 3.8) is 0 Å². The maximum atomic E-state index is 14.4. The van der Waals surface area contributed by atoms with Crippen molar-refractivity contribution in [3.8, 4) is 5.69 Å². The number of rotatable bonds is 4. The van der Waals surface area contributed by atoms with Crippen molar-refractivity contribution in [2.75, 3.05) is 18.5 Å². The van der Waals surface area contributed by atoms with Crippen LogP contribution in [0.1, 0.15) is 40.6 Å². The van der Waals surface area contributed by atoms with Crippen LogP contribution in [0.4, 0.5) is 9.52 Å². The first-order chi connectivity index (χ1) is 13.1. The SMILES string of the molecule is Cc1nnnn1-c1ccc(C(=O)Nc2nc(C3CCOCC3)cs2)c(F)c1. The lowest BCUT2D eigenvalue weighted by Gasteiger charge is -2.19. The van der Waals surface area contributed by atoms with Gasteiger partial charge in [0.05, 0.1) is 16.9 Å². The Labute approximate surface area is 158 Å². The summed E-state index contributed by atoms with van der Waals surface area (Å²) in [7, 11) is 0. The minimum Gasteiger partial charge on any atom is -0.381 e. The maximum Gasteiger partial charge on any atom is 0.260 e. The summed E-state index contributed by atoms with van der Waals surface area (Å²) in [5.41, 5.74) is 1.33. The number of hydrogen-bond donors (Lipinski definition) is 1. The number of carbonyl (C=O) groups excluding carboxylic acids is 1. The molecule has 27 heavy (non-hydrogen) atoms. The number of tetrazole rings is 1. The highest BCUT2D eigenvalue weighted by Gasteiger charge is 2.20. The van der Waals surface area contributed by atoms with Gasteiger partial charge in [-0.1, -0.05) is 0 Å². The molecule has 8 nitrogen and oxygen atoms in total. The molecule has 0 atom stereocenters. The number of hydrogen-bond acceptors (Lipinski definition) is 7. The molecule has 4 rings (SSSR count). The van der Waals surface area contributed by atoms with E-state index in [1.807, 2.05) is 5.38 Å². The molecule has 1 aliphatic heterocycles. The lowest BCUT2D eigenvalue weighted by Crippen LogP contribution is -2.16. The van der Waals surface area contributed by atoms with Crippen molar-refractivity contribution in [1.29, 1.82) is 0 Å². The predicted octanol–water partition coefficient (Wildman–Crippen LogP) is 2.71. The zero-order valence-corrected chi connectivity index (χ0v) is 15.4. The lowest BCUT2D eigenvalue weighted by atomic mass is 9.98. The molecule has 2 aromatic heterocycles. The van der Waals surface area contributed by atoms with Crippen molar-refractivity contribution in [2.24, 2.45) is 0 Å². The molecule has 0 spiro atoms. The predicted molar refractivity (Wildman–Crippen MR) is 96.7 cm³/mol. The average Bonchev–Trinajstić information content (AvgIpc) is 3.31. The Hall–Kier alpha value is -2.72. The van der Waals surface area contributed by atoms with E-state index in [0.29, 0.717) is 22.6 Å². The Morgan fingerprint density at radius 1 is 1.37 bits per heavy atom. The number of nitrogens with zero attached hydrogens (tertiary/aromatic N) is 5. The van der Waals surface area contributed by atoms with Crippen LogP contribution in [0.25, 0.3) is 5.69 Å². The van der Waals surface area contributed by atoms with Crippen LogP contribution in [0.2, 0.25) is 0 Å². The first-order valence-electron chi connectivity index (χ1n) is 8.51. The number of amides is 1. The minimum absolute atomic E-state index is 0.0627. The molecule has 1 fully saturated rings. The zero-order chi connectivity index (χ0) is 18.8. The van der Waals surface area contributed by atoms with Gasteiger partial charge in [-0.05, 0) is 42.3 Å².